The van der Waals surface area contributed by atoms with Crippen molar-refractivity contribution in [3.05, 3.63) is 78.0 Å². The first-order valence-corrected chi connectivity index (χ1v) is 14.3. The number of nitrogens with zero attached hydrogens (tertiary/aromatic N) is 4. The second-order valence-electron chi connectivity index (χ2n) is 9.89. The van der Waals surface area contributed by atoms with E-state index < -0.39 is 5.97 Å². The van der Waals surface area contributed by atoms with E-state index in [0.717, 1.165) is 46.5 Å². The molecule has 0 spiro atoms. The van der Waals surface area contributed by atoms with Gasteiger partial charge >= 0.3 is 0 Å². The maximum Gasteiger partial charge on any atom is 0.300 e. The molecule has 0 aliphatic carbocycles. The number of anilines is 1. The zero-order valence-corrected chi connectivity index (χ0v) is 24.6. The molecular formula is C31H35N5O4S. The third kappa shape index (κ3) is 6.66. The van der Waals surface area contributed by atoms with Gasteiger partial charge < -0.3 is 25.2 Å². The zero-order chi connectivity index (χ0) is 29.7. The third-order valence-corrected chi connectivity index (χ3v) is 7.49. The van der Waals surface area contributed by atoms with E-state index in [0.29, 0.717) is 17.1 Å². The van der Waals surface area contributed by atoms with Crippen molar-refractivity contribution in [2.45, 2.75) is 44.5 Å². The fourth-order valence-corrected chi connectivity index (χ4v) is 5.52. The van der Waals surface area contributed by atoms with Crippen LogP contribution >= 0.6 is 11.8 Å². The van der Waals surface area contributed by atoms with Crippen molar-refractivity contribution in [3.63, 3.8) is 0 Å². The Morgan fingerprint density at radius 1 is 1.02 bits per heavy atom. The standard InChI is InChI=1S/C29H31N5O2S.C2H4O2/c1-5-30-24-9-7-6-8-20(24)17-37-29-32-31-28(23-15-22(18(2)3)26(35)16-27(23)36)34(29)21-10-11-25-19(14-21)12-13-33(25)4;1-2(3)4/h6-16,18,30,35-36H,5,17H2,1-4H3;1H3,(H,3,4). The Bertz CT molecular complexity index is 1670. The van der Waals surface area contributed by atoms with Gasteiger partial charge in [0.15, 0.2) is 11.0 Å². The van der Waals surface area contributed by atoms with Gasteiger partial charge in [-0.15, -0.1) is 10.2 Å². The van der Waals surface area contributed by atoms with Crippen LogP contribution in [0, 0.1) is 0 Å². The van der Waals surface area contributed by atoms with Gasteiger partial charge in [0.25, 0.3) is 5.97 Å². The highest BCUT2D eigenvalue weighted by atomic mass is 32.2. The van der Waals surface area contributed by atoms with Gasteiger partial charge in [-0.2, -0.15) is 0 Å². The lowest BCUT2D eigenvalue weighted by Crippen LogP contribution is -2.02. The minimum Gasteiger partial charge on any atom is -0.508 e. The first-order valence-electron chi connectivity index (χ1n) is 13.3. The summed E-state index contributed by atoms with van der Waals surface area (Å²) in [4.78, 5) is 9.00. The first kappa shape index (κ1) is 29.5. The quantitative estimate of drug-likeness (QED) is 0.150. The summed E-state index contributed by atoms with van der Waals surface area (Å²) in [6, 6.07) is 19.8. The van der Waals surface area contributed by atoms with Crippen LogP contribution in [0.2, 0.25) is 0 Å². The number of phenols is 2. The van der Waals surface area contributed by atoms with Crippen LogP contribution in [0.4, 0.5) is 5.69 Å². The van der Waals surface area contributed by atoms with Crippen LogP contribution in [-0.2, 0) is 17.6 Å². The summed E-state index contributed by atoms with van der Waals surface area (Å²) in [6.07, 6.45) is 2.04. The van der Waals surface area contributed by atoms with E-state index in [1.165, 1.54) is 11.6 Å². The van der Waals surface area contributed by atoms with Gasteiger partial charge in [0.1, 0.15) is 11.5 Å². The molecule has 9 nitrogen and oxygen atoms in total. The number of rotatable bonds is 8. The van der Waals surface area contributed by atoms with Crippen molar-refractivity contribution < 1.29 is 20.1 Å². The summed E-state index contributed by atoms with van der Waals surface area (Å²) in [5, 5.41) is 43.0. The fraction of sp³-hybridized carbons (Fsp3) is 0.258. The molecular weight excluding hydrogens is 538 g/mol. The number of fused-ring (bicyclic) bond motifs is 1. The molecule has 3 aromatic carbocycles. The smallest absolute Gasteiger partial charge is 0.300 e. The van der Waals surface area contributed by atoms with Crippen molar-refractivity contribution >= 4 is 34.3 Å². The van der Waals surface area contributed by atoms with Crippen LogP contribution in [0.15, 0.2) is 72.0 Å². The Labute approximate surface area is 243 Å². The second-order valence-corrected chi connectivity index (χ2v) is 10.8. The number of hydrogen-bond donors (Lipinski definition) is 4. The van der Waals surface area contributed by atoms with E-state index in [9.17, 15) is 10.2 Å². The predicted octanol–water partition coefficient (Wildman–Crippen LogP) is 6.78. The topological polar surface area (TPSA) is 125 Å². The highest BCUT2D eigenvalue weighted by Gasteiger charge is 2.22. The number of carbonyl (C=O) groups is 1. The number of nitrogens with one attached hydrogen (secondary N) is 1. The Hall–Kier alpha value is -4.44. The number of carboxylic acid groups (broad SMARTS) is 1. The van der Waals surface area contributed by atoms with Crippen molar-refractivity contribution in [2.24, 2.45) is 7.05 Å². The Morgan fingerprint density at radius 2 is 1.76 bits per heavy atom. The molecule has 5 rings (SSSR count). The minimum absolute atomic E-state index is 0.0367. The molecule has 0 bridgehead atoms. The molecule has 0 aliphatic heterocycles. The lowest BCUT2D eigenvalue weighted by Gasteiger charge is -2.15. The highest BCUT2D eigenvalue weighted by molar-refractivity contribution is 7.98. The van der Waals surface area contributed by atoms with Gasteiger partial charge in [-0.25, -0.2) is 0 Å². The lowest BCUT2D eigenvalue weighted by molar-refractivity contribution is -0.134. The molecule has 2 heterocycles. The molecule has 0 atom stereocenters. The maximum atomic E-state index is 10.9. The average Bonchev–Trinajstić information content (AvgIpc) is 3.51. The maximum absolute atomic E-state index is 10.9. The van der Waals surface area contributed by atoms with Gasteiger partial charge in [0, 0.05) is 55.1 Å². The molecule has 0 saturated carbocycles. The van der Waals surface area contributed by atoms with E-state index in [4.69, 9.17) is 9.90 Å². The molecule has 0 unspecified atom stereocenters. The largest absolute Gasteiger partial charge is 0.508 e. The molecule has 5 aromatic rings. The molecule has 0 saturated heterocycles. The van der Waals surface area contributed by atoms with Gasteiger partial charge in [0.2, 0.25) is 0 Å². The Balaban J connectivity index is 0.000000909. The van der Waals surface area contributed by atoms with E-state index >= 15 is 0 Å². The normalized spacial score (nSPS) is 11.0. The summed E-state index contributed by atoms with van der Waals surface area (Å²) in [6.45, 7) is 8.03. The number of para-hydroxylation sites is 1. The van der Waals surface area contributed by atoms with Crippen molar-refractivity contribution in [2.75, 3.05) is 11.9 Å². The lowest BCUT2D eigenvalue weighted by atomic mass is 9.98. The van der Waals surface area contributed by atoms with Crippen molar-refractivity contribution in [1.82, 2.24) is 19.3 Å². The molecule has 0 aliphatic rings. The number of carboxylic acids is 1. The van der Waals surface area contributed by atoms with Crippen LogP contribution in [0.25, 0.3) is 28.0 Å². The van der Waals surface area contributed by atoms with Crippen LogP contribution in [0.3, 0.4) is 0 Å². The number of aliphatic carboxylic acids is 1. The molecule has 10 heteroatoms. The number of phenolic OH excluding ortho intramolecular Hbond substituents is 2. The SMILES string of the molecule is CC(=O)O.CCNc1ccccc1CSc1nnc(-c2cc(C(C)C)c(O)cc2O)n1-c1ccc2c(ccn2C)c1. The summed E-state index contributed by atoms with van der Waals surface area (Å²) >= 11 is 1.59. The molecule has 214 valence electrons. The zero-order valence-electron chi connectivity index (χ0n) is 23.8. The number of benzene rings is 3. The van der Waals surface area contributed by atoms with E-state index in [1.54, 1.807) is 11.8 Å². The van der Waals surface area contributed by atoms with Crippen molar-refractivity contribution in [3.8, 4) is 28.6 Å². The molecule has 0 fully saturated rings. The molecule has 4 N–H and O–H groups in total. The van der Waals surface area contributed by atoms with Crippen LogP contribution < -0.4 is 5.32 Å². The van der Waals surface area contributed by atoms with Crippen LogP contribution in [0.1, 0.15) is 44.7 Å². The van der Waals surface area contributed by atoms with Gasteiger partial charge in [-0.1, -0.05) is 43.8 Å². The molecule has 2 aromatic heterocycles. The monoisotopic (exact) mass is 573 g/mol. The van der Waals surface area contributed by atoms with Crippen LogP contribution in [0.5, 0.6) is 11.5 Å². The Kier molecular flexibility index (Phi) is 9.24. The van der Waals surface area contributed by atoms with Gasteiger partial charge in [-0.3, -0.25) is 9.36 Å². The van der Waals surface area contributed by atoms with Crippen molar-refractivity contribution in [1.29, 1.82) is 0 Å². The van der Waals surface area contributed by atoms with E-state index in [2.05, 4.69) is 57.3 Å². The molecule has 0 amide bonds. The second kappa shape index (κ2) is 12.8. The number of aryl methyl sites for hydroxylation is 1. The summed E-state index contributed by atoms with van der Waals surface area (Å²) in [7, 11) is 2.02. The van der Waals surface area contributed by atoms with E-state index in [-0.39, 0.29) is 17.4 Å². The number of thioether (sulfide) groups is 1. The van der Waals surface area contributed by atoms with Gasteiger partial charge in [-0.05, 0) is 60.4 Å². The highest BCUT2D eigenvalue weighted by Crippen LogP contribution is 2.40. The average molecular weight is 574 g/mol. The predicted molar refractivity (Wildman–Crippen MR) is 164 cm³/mol. The molecule has 41 heavy (non-hydrogen) atoms. The van der Waals surface area contributed by atoms with Gasteiger partial charge in [0.05, 0.1) is 11.3 Å². The number of aromatic nitrogens is 4. The summed E-state index contributed by atoms with van der Waals surface area (Å²) in [5.41, 5.74) is 5.59. The first-order chi connectivity index (χ1) is 19.6. The van der Waals surface area contributed by atoms with Crippen LogP contribution in [-0.4, -0.2) is 47.2 Å². The third-order valence-electron chi connectivity index (χ3n) is 6.51. The summed E-state index contributed by atoms with van der Waals surface area (Å²) < 4.78 is 4.07. The minimum atomic E-state index is -0.833. The van der Waals surface area contributed by atoms with E-state index in [1.807, 2.05) is 55.9 Å². The number of hydrogen-bond acceptors (Lipinski definition) is 7. The number of aromatic hydroxyl groups is 2. The fourth-order valence-electron chi connectivity index (χ4n) is 4.57. The Morgan fingerprint density at radius 3 is 2.46 bits per heavy atom. The summed E-state index contributed by atoms with van der Waals surface area (Å²) in [5.74, 6) is 0.506. The molecule has 0 radical (unpaired) electrons.